The first kappa shape index (κ1) is 20.5. The number of halogens is 3. The van der Waals surface area contributed by atoms with Crippen molar-refractivity contribution < 1.29 is 17.4 Å². The molecule has 0 amide bonds. The maximum atomic E-state index is 13.1. The van der Waals surface area contributed by atoms with Crippen LogP contribution in [0.1, 0.15) is 33.9 Å². The summed E-state index contributed by atoms with van der Waals surface area (Å²) in [5.74, 6) is 0. The van der Waals surface area contributed by atoms with E-state index >= 15 is 0 Å². The van der Waals surface area contributed by atoms with E-state index in [0.29, 0.717) is 17.1 Å². The quantitative estimate of drug-likeness (QED) is 0.532. The van der Waals surface area contributed by atoms with Gasteiger partial charge in [-0.15, -0.1) is 0 Å². The van der Waals surface area contributed by atoms with Gasteiger partial charge in [-0.05, 0) is 24.1 Å². The molecule has 0 fully saturated rings. The Hall–Kier alpha value is -2.26. The van der Waals surface area contributed by atoms with Crippen molar-refractivity contribution in [3.63, 3.8) is 0 Å². The van der Waals surface area contributed by atoms with Gasteiger partial charge in [0.2, 0.25) is 5.13 Å². The van der Waals surface area contributed by atoms with Crippen LogP contribution in [0.25, 0.3) is 0 Å². The summed E-state index contributed by atoms with van der Waals surface area (Å²) in [7, 11) is -2.77. The van der Waals surface area contributed by atoms with E-state index in [4.69, 9.17) is 0 Å². The highest BCUT2D eigenvalue weighted by molar-refractivity contribution is 7.93. The van der Waals surface area contributed by atoms with Gasteiger partial charge in [-0.1, -0.05) is 47.7 Å². The molecule has 1 aromatic carbocycles. The van der Waals surface area contributed by atoms with Crippen molar-refractivity contribution >= 4 is 26.2 Å². The molecular formula is C19H18F3N3OS2. The van der Waals surface area contributed by atoms with Crippen molar-refractivity contribution in [3.8, 4) is 0 Å². The minimum absolute atomic E-state index is 0.394. The number of hydrogen-bond donors (Lipinski definition) is 0. The minimum Gasteiger partial charge on any atom is -0.251 e. The van der Waals surface area contributed by atoms with Crippen LogP contribution in [0.4, 0.5) is 18.3 Å². The Morgan fingerprint density at radius 2 is 1.82 bits per heavy atom. The molecule has 3 rings (SSSR count). The zero-order valence-electron chi connectivity index (χ0n) is 15.2. The second kappa shape index (κ2) is 8.00. The molecule has 0 bridgehead atoms. The maximum Gasteiger partial charge on any atom is 0.433 e. The summed E-state index contributed by atoms with van der Waals surface area (Å²) < 4.78 is 55.3. The summed E-state index contributed by atoms with van der Waals surface area (Å²) in [6.07, 6.45) is 0.492. The summed E-state index contributed by atoms with van der Waals surface area (Å²) >= 11 is 1.35. The molecule has 0 spiro atoms. The molecule has 0 N–H and O–H groups in total. The molecule has 28 heavy (non-hydrogen) atoms. The van der Waals surface area contributed by atoms with Crippen LogP contribution in [0, 0.1) is 0 Å². The molecule has 0 saturated heterocycles. The van der Waals surface area contributed by atoms with Crippen molar-refractivity contribution in [2.75, 3.05) is 6.26 Å². The third-order valence-corrected chi connectivity index (χ3v) is 7.35. The van der Waals surface area contributed by atoms with Gasteiger partial charge in [0.15, 0.2) is 0 Å². The second-order valence-corrected chi connectivity index (χ2v) is 10.0. The Morgan fingerprint density at radius 3 is 2.43 bits per heavy atom. The molecule has 2 heterocycles. The lowest BCUT2D eigenvalue weighted by atomic mass is 10.1. The van der Waals surface area contributed by atoms with Crippen molar-refractivity contribution in [3.05, 3.63) is 76.6 Å². The Labute approximate surface area is 165 Å². The Morgan fingerprint density at radius 1 is 1.11 bits per heavy atom. The molecule has 0 radical (unpaired) electrons. The molecule has 2 unspecified atom stereocenters. The maximum absolute atomic E-state index is 13.1. The fraction of sp³-hybridized carbons (Fsp3) is 0.263. The first-order valence-corrected chi connectivity index (χ1v) is 11.2. The number of rotatable bonds is 5. The van der Waals surface area contributed by atoms with E-state index in [1.807, 2.05) is 30.3 Å². The van der Waals surface area contributed by atoms with Gasteiger partial charge in [0.05, 0.1) is 15.0 Å². The number of aromatic nitrogens is 2. The van der Waals surface area contributed by atoms with Gasteiger partial charge in [0.25, 0.3) is 0 Å². The van der Waals surface area contributed by atoms with E-state index in [1.54, 1.807) is 13.1 Å². The Balaban J connectivity index is 1.80. The van der Waals surface area contributed by atoms with Gasteiger partial charge in [-0.25, -0.2) is 9.19 Å². The molecule has 148 valence electrons. The summed E-state index contributed by atoms with van der Waals surface area (Å²) in [6.45, 7) is 1.66. The van der Waals surface area contributed by atoms with Crippen LogP contribution in [0.3, 0.4) is 0 Å². The van der Waals surface area contributed by atoms with Gasteiger partial charge in [-0.3, -0.25) is 4.98 Å². The highest BCUT2D eigenvalue weighted by Gasteiger charge is 2.32. The molecule has 2 aromatic heterocycles. The fourth-order valence-electron chi connectivity index (χ4n) is 2.52. The van der Waals surface area contributed by atoms with Crippen molar-refractivity contribution in [2.45, 2.75) is 24.8 Å². The van der Waals surface area contributed by atoms with Crippen LogP contribution < -0.4 is 0 Å². The molecule has 4 nitrogen and oxygen atoms in total. The van der Waals surface area contributed by atoms with Crippen LogP contribution >= 0.6 is 11.3 Å². The highest BCUT2D eigenvalue weighted by atomic mass is 32.2. The lowest BCUT2D eigenvalue weighted by Gasteiger charge is -2.14. The largest absolute Gasteiger partial charge is 0.433 e. The van der Waals surface area contributed by atoms with E-state index in [1.165, 1.54) is 23.7 Å². The first-order chi connectivity index (χ1) is 13.1. The zero-order chi connectivity index (χ0) is 20.4. The lowest BCUT2D eigenvalue weighted by molar-refractivity contribution is -0.141. The van der Waals surface area contributed by atoms with Crippen molar-refractivity contribution in [1.29, 1.82) is 0 Å². The average Bonchev–Trinajstić information content (AvgIpc) is 3.07. The second-order valence-electron chi connectivity index (χ2n) is 6.34. The van der Waals surface area contributed by atoms with Gasteiger partial charge in [-0.2, -0.15) is 17.5 Å². The van der Waals surface area contributed by atoms with Crippen LogP contribution in [-0.2, 0) is 22.3 Å². The standard InChI is InChI=1S/C19H18F3N3OS2/c1-13(15-8-9-17(23-11-15)19(20,21)22)28(2,26)25-18-24-12-16(27-18)10-14-6-4-3-5-7-14/h3-9,11-13H,10H2,1-2H3. The molecule has 0 aliphatic carbocycles. The third kappa shape index (κ3) is 4.96. The van der Waals surface area contributed by atoms with Gasteiger partial charge in [0, 0.05) is 29.9 Å². The fourth-order valence-corrected chi connectivity index (χ4v) is 4.96. The number of alkyl halides is 3. The molecule has 0 aliphatic rings. The predicted molar refractivity (Wildman–Crippen MR) is 105 cm³/mol. The molecule has 3 aromatic rings. The predicted octanol–water partition coefficient (Wildman–Crippen LogP) is 5.64. The van der Waals surface area contributed by atoms with Gasteiger partial charge >= 0.3 is 6.18 Å². The summed E-state index contributed by atoms with van der Waals surface area (Å²) in [5.41, 5.74) is 0.595. The molecule has 0 saturated carbocycles. The minimum atomic E-state index is -4.50. The number of benzene rings is 1. The summed E-state index contributed by atoms with van der Waals surface area (Å²) in [5, 5.41) is -0.200. The van der Waals surface area contributed by atoms with Gasteiger partial charge in [0.1, 0.15) is 5.69 Å². The Kier molecular flexibility index (Phi) is 5.85. The van der Waals surface area contributed by atoms with Crippen LogP contribution in [-0.4, -0.2) is 20.4 Å². The smallest absolute Gasteiger partial charge is 0.251 e. The molecule has 2 atom stereocenters. The average molecular weight is 426 g/mol. The van der Waals surface area contributed by atoms with Gasteiger partial charge < -0.3 is 0 Å². The monoisotopic (exact) mass is 425 g/mol. The first-order valence-electron chi connectivity index (χ1n) is 8.38. The SMILES string of the molecule is CC(c1ccc(C(F)(F)F)nc1)S(C)(=O)=Nc1ncc(Cc2ccccc2)s1. The Bertz CT molecular complexity index is 1050. The summed E-state index contributed by atoms with van der Waals surface area (Å²) in [4.78, 5) is 8.66. The number of hydrogen-bond acceptors (Lipinski definition) is 5. The molecular weight excluding hydrogens is 407 g/mol. The highest BCUT2D eigenvalue weighted by Crippen LogP contribution is 2.31. The van der Waals surface area contributed by atoms with Crippen LogP contribution in [0.5, 0.6) is 0 Å². The van der Waals surface area contributed by atoms with Crippen LogP contribution in [0.15, 0.2) is 59.2 Å². The van der Waals surface area contributed by atoms with E-state index in [9.17, 15) is 17.4 Å². The normalized spacial score (nSPS) is 15.0. The lowest BCUT2D eigenvalue weighted by Crippen LogP contribution is -2.11. The number of thiazole rings is 1. The molecule has 9 heteroatoms. The van der Waals surface area contributed by atoms with E-state index in [0.717, 1.165) is 22.7 Å². The van der Waals surface area contributed by atoms with Crippen molar-refractivity contribution in [1.82, 2.24) is 9.97 Å². The zero-order valence-corrected chi connectivity index (χ0v) is 16.8. The van der Waals surface area contributed by atoms with E-state index in [-0.39, 0.29) is 0 Å². The van der Waals surface area contributed by atoms with Crippen molar-refractivity contribution in [2.24, 2.45) is 4.36 Å². The number of nitrogens with zero attached hydrogens (tertiary/aromatic N) is 3. The third-order valence-electron chi connectivity index (χ3n) is 4.22. The summed E-state index contributed by atoms with van der Waals surface area (Å²) in [6, 6.07) is 12.1. The number of pyridine rings is 1. The van der Waals surface area contributed by atoms with Crippen LogP contribution in [0.2, 0.25) is 0 Å². The van der Waals surface area contributed by atoms with E-state index < -0.39 is 26.8 Å². The topological polar surface area (TPSA) is 55.2 Å². The molecule has 0 aliphatic heterocycles. The van der Waals surface area contributed by atoms with E-state index in [2.05, 4.69) is 14.3 Å².